The van der Waals surface area contributed by atoms with Crippen molar-refractivity contribution < 1.29 is 0 Å². The van der Waals surface area contributed by atoms with Crippen molar-refractivity contribution in [1.82, 2.24) is 4.57 Å². The van der Waals surface area contributed by atoms with Gasteiger partial charge < -0.3 is 0 Å². The van der Waals surface area contributed by atoms with Crippen LogP contribution in [0.4, 0.5) is 0 Å². The van der Waals surface area contributed by atoms with Crippen LogP contribution in [-0.4, -0.2) is 4.57 Å². The Kier molecular flexibility index (Phi) is 3.49. The second kappa shape index (κ2) is 5.65. The molecule has 1 aliphatic carbocycles. The van der Waals surface area contributed by atoms with Gasteiger partial charge in [-0.25, -0.2) is 0 Å². The number of benzene rings is 2. The molecular formula is C20H19NO2. The van der Waals surface area contributed by atoms with E-state index in [1.807, 2.05) is 48.5 Å². The van der Waals surface area contributed by atoms with E-state index >= 15 is 0 Å². The van der Waals surface area contributed by atoms with E-state index in [0.29, 0.717) is 10.8 Å². The molecule has 1 heterocycles. The van der Waals surface area contributed by atoms with Crippen LogP contribution in [-0.2, 0) is 0 Å². The molecule has 3 nitrogen and oxygen atoms in total. The molecule has 0 bridgehead atoms. The highest BCUT2D eigenvalue weighted by atomic mass is 16.2. The number of nitrogens with zero attached hydrogens (tertiary/aromatic N) is 1. The average Bonchev–Trinajstić information content (AvgIpc) is 2.71. The highest BCUT2D eigenvalue weighted by Crippen LogP contribution is 2.27. The Morgan fingerprint density at radius 2 is 1.09 bits per heavy atom. The maximum absolute atomic E-state index is 13.1. The van der Waals surface area contributed by atoms with Crippen molar-refractivity contribution in [3.05, 3.63) is 69.2 Å². The first-order valence-corrected chi connectivity index (χ1v) is 8.33. The van der Waals surface area contributed by atoms with E-state index in [0.717, 1.165) is 36.5 Å². The van der Waals surface area contributed by atoms with Crippen molar-refractivity contribution in [2.24, 2.45) is 0 Å². The maximum atomic E-state index is 13.1. The summed E-state index contributed by atoms with van der Waals surface area (Å²) in [5, 5.41) is 2.99. The highest BCUT2D eigenvalue weighted by Gasteiger charge is 2.20. The molecule has 4 rings (SSSR count). The fourth-order valence-electron chi connectivity index (χ4n) is 3.83. The summed E-state index contributed by atoms with van der Waals surface area (Å²) in [6, 6.07) is 15.2. The van der Waals surface area contributed by atoms with Crippen molar-refractivity contribution in [2.45, 2.75) is 38.1 Å². The first-order chi connectivity index (χ1) is 11.3. The van der Waals surface area contributed by atoms with Crippen LogP contribution in [0.3, 0.4) is 0 Å². The first kappa shape index (κ1) is 14.2. The summed E-state index contributed by atoms with van der Waals surface area (Å²) in [6.45, 7) is 0. The fourth-order valence-corrected chi connectivity index (χ4v) is 3.83. The largest absolute Gasteiger partial charge is 0.271 e. The molecule has 1 saturated carbocycles. The van der Waals surface area contributed by atoms with E-state index < -0.39 is 0 Å². The standard InChI is InChI=1S/C20H19NO2/c22-19-17-12-6-4-10-15(17)16-11-5-7-13-18(16)20(23)21(19)14-8-2-1-3-9-14/h4-7,10-14H,1-3,8-9H2. The zero-order chi connectivity index (χ0) is 15.8. The van der Waals surface area contributed by atoms with Gasteiger partial charge in [-0.2, -0.15) is 0 Å². The predicted molar refractivity (Wildman–Crippen MR) is 94.1 cm³/mol. The molecule has 116 valence electrons. The molecule has 0 unspecified atom stereocenters. The molecule has 0 amide bonds. The van der Waals surface area contributed by atoms with E-state index in [9.17, 15) is 9.59 Å². The van der Waals surface area contributed by atoms with E-state index in [4.69, 9.17) is 0 Å². The monoisotopic (exact) mass is 305 g/mol. The molecule has 2 aromatic carbocycles. The molecule has 1 fully saturated rings. The van der Waals surface area contributed by atoms with E-state index in [1.54, 1.807) is 0 Å². The second-order valence-electron chi connectivity index (χ2n) is 6.36. The third kappa shape index (κ3) is 2.27. The number of fused-ring (bicyclic) bond motifs is 3. The zero-order valence-electron chi connectivity index (χ0n) is 13.0. The van der Waals surface area contributed by atoms with Gasteiger partial charge in [0.25, 0.3) is 11.1 Å². The Balaban J connectivity index is 2.21. The molecule has 23 heavy (non-hydrogen) atoms. The summed E-state index contributed by atoms with van der Waals surface area (Å²) >= 11 is 0. The van der Waals surface area contributed by atoms with Gasteiger partial charge in [0, 0.05) is 16.8 Å². The normalized spacial score (nSPS) is 16.0. The Bertz CT molecular complexity index is 925. The van der Waals surface area contributed by atoms with Crippen LogP contribution >= 0.6 is 0 Å². The zero-order valence-corrected chi connectivity index (χ0v) is 13.0. The number of rotatable bonds is 1. The summed E-state index contributed by atoms with van der Waals surface area (Å²) in [4.78, 5) is 26.2. The smallest absolute Gasteiger partial charge is 0.261 e. The van der Waals surface area contributed by atoms with Gasteiger partial charge in [-0.05, 0) is 35.7 Å². The van der Waals surface area contributed by atoms with Crippen LogP contribution in [0.15, 0.2) is 58.1 Å². The maximum Gasteiger partial charge on any atom is 0.261 e. The molecule has 0 spiro atoms. The lowest BCUT2D eigenvalue weighted by Gasteiger charge is -2.22. The fraction of sp³-hybridized carbons (Fsp3) is 0.300. The Hall–Kier alpha value is -2.42. The van der Waals surface area contributed by atoms with Crippen LogP contribution in [0, 0.1) is 0 Å². The summed E-state index contributed by atoms with van der Waals surface area (Å²) in [5.74, 6) is 0. The lowest BCUT2D eigenvalue weighted by Crippen LogP contribution is -2.34. The minimum absolute atomic E-state index is 0.0305. The molecule has 0 saturated heterocycles. The molecule has 0 radical (unpaired) electrons. The SMILES string of the molecule is O=c1c2ccccc2c2ccccc2c(=O)n1C1CCCCC1. The van der Waals surface area contributed by atoms with E-state index in [-0.39, 0.29) is 17.2 Å². The van der Waals surface area contributed by atoms with E-state index in [1.165, 1.54) is 11.0 Å². The molecule has 0 N–H and O–H groups in total. The lowest BCUT2D eigenvalue weighted by molar-refractivity contribution is 0.343. The lowest BCUT2D eigenvalue weighted by atomic mass is 9.95. The quantitative estimate of drug-likeness (QED) is 0.681. The van der Waals surface area contributed by atoms with Gasteiger partial charge in [0.1, 0.15) is 0 Å². The van der Waals surface area contributed by atoms with E-state index in [2.05, 4.69) is 0 Å². The van der Waals surface area contributed by atoms with Gasteiger partial charge in [-0.3, -0.25) is 14.2 Å². The number of aromatic nitrogens is 1. The molecule has 3 aromatic rings. The molecule has 1 aliphatic rings. The summed E-state index contributed by atoms with van der Waals surface area (Å²) in [6.07, 6.45) is 5.21. The van der Waals surface area contributed by atoms with Crippen LogP contribution in [0.25, 0.3) is 21.5 Å². The molecule has 3 heteroatoms. The van der Waals surface area contributed by atoms with Gasteiger partial charge in [0.2, 0.25) is 0 Å². The summed E-state index contributed by atoms with van der Waals surface area (Å²) in [5.41, 5.74) is -0.289. The van der Waals surface area contributed by atoms with Gasteiger partial charge in [0.15, 0.2) is 0 Å². The van der Waals surface area contributed by atoms with Crippen LogP contribution in [0.1, 0.15) is 38.1 Å². The minimum Gasteiger partial charge on any atom is -0.271 e. The van der Waals surface area contributed by atoms with Crippen molar-refractivity contribution in [3.63, 3.8) is 0 Å². The Labute approximate surface area is 134 Å². The number of hydrogen-bond donors (Lipinski definition) is 0. The summed E-state index contributed by atoms with van der Waals surface area (Å²) < 4.78 is 1.53. The van der Waals surface area contributed by atoms with Gasteiger partial charge in [0.05, 0.1) is 0 Å². The van der Waals surface area contributed by atoms with Crippen molar-refractivity contribution in [3.8, 4) is 0 Å². The van der Waals surface area contributed by atoms with Crippen LogP contribution in [0.2, 0.25) is 0 Å². The highest BCUT2D eigenvalue weighted by molar-refractivity contribution is 6.05. The Morgan fingerprint density at radius 1 is 0.652 bits per heavy atom. The second-order valence-corrected chi connectivity index (χ2v) is 6.36. The number of hydrogen-bond acceptors (Lipinski definition) is 2. The Morgan fingerprint density at radius 3 is 1.57 bits per heavy atom. The van der Waals surface area contributed by atoms with Gasteiger partial charge in [-0.1, -0.05) is 55.7 Å². The van der Waals surface area contributed by atoms with Crippen molar-refractivity contribution in [1.29, 1.82) is 0 Å². The van der Waals surface area contributed by atoms with Gasteiger partial charge in [-0.15, -0.1) is 0 Å². The molecular weight excluding hydrogens is 286 g/mol. The first-order valence-electron chi connectivity index (χ1n) is 8.33. The van der Waals surface area contributed by atoms with Crippen LogP contribution < -0.4 is 11.1 Å². The molecule has 1 aromatic heterocycles. The van der Waals surface area contributed by atoms with Crippen molar-refractivity contribution in [2.75, 3.05) is 0 Å². The molecule has 0 atom stereocenters. The van der Waals surface area contributed by atoms with Gasteiger partial charge >= 0.3 is 0 Å². The third-order valence-corrected chi connectivity index (χ3v) is 4.98. The molecule has 0 aliphatic heterocycles. The average molecular weight is 305 g/mol. The third-order valence-electron chi connectivity index (χ3n) is 4.98. The minimum atomic E-state index is -0.145. The van der Waals surface area contributed by atoms with Crippen LogP contribution in [0.5, 0.6) is 0 Å². The van der Waals surface area contributed by atoms with Crippen molar-refractivity contribution >= 4 is 21.5 Å². The predicted octanol–water partition coefficient (Wildman–Crippen LogP) is 4.02. The summed E-state index contributed by atoms with van der Waals surface area (Å²) in [7, 11) is 0. The topological polar surface area (TPSA) is 39.1 Å².